The van der Waals surface area contributed by atoms with Crippen molar-refractivity contribution in [2.24, 2.45) is 0 Å². The Morgan fingerprint density at radius 2 is 0.787 bits per heavy atom. The third-order valence-electron chi connectivity index (χ3n) is 11.7. The predicted molar refractivity (Wildman–Crippen MR) is 250 cm³/mol. The quantitative estimate of drug-likeness (QED) is 0.157. The van der Waals surface area contributed by atoms with Crippen molar-refractivity contribution in [1.29, 1.82) is 0 Å². The van der Waals surface area contributed by atoms with Gasteiger partial charge in [-0.1, -0.05) is 182 Å². The van der Waals surface area contributed by atoms with E-state index < -0.39 is 0 Å². The zero-order valence-electron chi connectivity index (χ0n) is 32.8. The lowest BCUT2D eigenvalue weighted by molar-refractivity contribution is 0.623. The molecule has 5 heteroatoms. The van der Waals surface area contributed by atoms with E-state index in [-0.39, 0.29) is 0 Å². The van der Waals surface area contributed by atoms with Gasteiger partial charge in [0.15, 0.2) is 23.1 Å². The molecule has 2 aromatic heterocycles. The first-order valence-corrected chi connectivity index (χ1v) is 20.5. The molecular weight excluding hydrogens is 745 g/mol. The lowest BCUT2D eigenvalue weighted by Gasteiger charge is -2.12. The second-order valence-electron chi connectivity index (χ2n) is 15.4. The van der Waals surface area contributed by atoms with Gasteiger partial charge in [-0.2, -0.15) is 0 Å². The molecule has 0 aliphatic carbocycles. The van der Waals surface area contributed by atoms with Gasteiger partial charge in [-0.3, -0.25) is 0 Å². The Morgan fingerprint density at radius 1 is 0.279 bits per heavy atom. The van der Waals surface area contributed by atoms with Crippen LogP contribution >= 0.6 is 0 Å². The maximum atomic E-state index is 6.53. The van der Waals surface area contributed by atoms with Gasteiger partial charge >= 0.3 is 0 Å². The van der Waals surface area contributed by atoms with Crippen LogP contribution in [0.15, 0.2) is 211 Å². The zero-order valence-corrected chi connectivity index (χ0v) is 32.8. The summed E-state index contributed by atoms with van der Waals surface area (Å²) in [4.78, 5) is 20.6. The molecule has 5 nitrogen and oxygen atoms in total. The van der Waals surface area contributed by atoms with Crippen LogP contribution in [0, 0.1) is 0 Å². The Hall–Kier alpha value is -8.28. The van der Waals surface area contributed by atoms with E-state index in [4.69, 9.17) is 24.4 Å². The van der Waals surface area contributed by atoms with Crippen LogP contribution in [0.5, 0.6) is 0 Å². The Bertz CT molecular complexity index is 3640. The molecule has 0 radical (unpaired) electrons. The summed E-state index contributed by atoms with van der Waals surface area (Å²) in [7, 11) is 0. The van der Waals surface area contributed by atoms with E-state index in [1.807, 2.05) is 30.3 Å². The minimum absolute atomic E-state index is 0.603. The second-order valence-corrected chi connectivity index (χ2v) is 15.4. The van der Waals surface area contributed by atoms with E-state index in [1.54, 1.807) is 0 Å². The number of benzene rings is 10. The normalized spacial score (nSPS) is 11.6. The number of hydrogen-bond acceptors (Lipinski definition) is 5. The summed E-state index contributed by atoms with van der Waals surface area (Å²) in [6.07, 6.45) is 0. The maximum absolute atomic E-state index is 6.53. The molecule has 12 rings (SSSR count). The lowest BCUT2D eigenvalue weighted by atomic mass is 9.95. The summed E-state index contributed by atoms with van der Waals surface area (Å²) in [5, 5.41) is 9.00. The van der Waals surface area contributed by atoms with Gasteiger partial charge in [-0.05, 0) is 78.8 Å². The number of nitrogens with zero attached hydrogens (tertiary/aromatic N) is 4. The van der Waals surface area contributed by atoms with Gasteiger partial charge in [0.1, 0.15) is 5.52 Å². The smallest absolute Gasteiger partial charge is 0.227 e. The molecule has 2 heterocycles. The third-order valence-corrected chi connectivity index (χ3v) is 11.7. The van der Waals surface area contributed by atoms with Crippen LogP contribution in [-0.2, 0) is 0 Å². The fourth-order valence-electron chi connectivity index (χ4n) is 8.75. The molecule has 0 N–H and O–H groups in total. The van der Waals surface area contributed by atoms with Gasteiger partial charge < -0.3 is 4.42 Å². The molecule has 0 unspecified atom stereocenters. The van der Waals surface area contributed by atoms with Gasteiger partial charge in [-0.25, -0.2) is 19.9 Å². The molecule has 0 amide bonds. The SMILES string of the molecule is c1ccc(-c2nc3c4cc(-c5cccc(-c6nc(-c7ccc(-c8cccc9ccccc89)cc7)nc(-c7cccc8ccccc78)n6)c5)ccc4c4ccccc4c3o2)cc1. The van der Waals surface area contributed by atoms with E-state index >= 15 is 0 Å². The van der Waals surface area contributed by atoms with E-state index in [9.17, 15) is 0 Å². The molecule has 10 aromatic carbocycles. The highest BCUT2D eigenvalue weighted by atomic mass is 16.3. The van der Waals surface area contributed by atoms with Crippen molar-refractivity contribution in [2.75, 3.05) is 0 Å². The predicted octanol–water partition coefficient (Wildman–Crippen LogP) is 14.6. The van der Waals surface area contributed by atoms with Crippen LogP contribution in [0.1, 0.15) is 0 Å². The maximum Gasteiger partial charge on any atom is 0.227 e. The number of aromatic nitrogens is 4. The highest BCUT2D eigenvalue weighted by molar-refractivity contribution is 6.23. The van der Waals surface area contributed by atoms with Crippen LogP contribution in [0.3, 0.4) is 0 Å². The Morgan fingerprint density at radius 3 is 1.56 bits per heavy atom. The third kappa shape index (κ3) is 6.02. The molecule has 284 valence electrons. The van der Waals surface area contributed by atoms with Crippen molar-refractivity contribution in [1.82, 2.24) is 19.9 Å². The molecule has 0 fully saturated rings. The highest BCUT2D eigenvalue weighted by Gasteiger charge is 2.19. The van der Waals surface area contributed by atoms with E-state index in [1.165, 1.54) is 16.3 Å². The number of oxazole rings is 1. The van der Waals surface area contributed by atoms with Crippen molar-refractivity contribution < 1.29 is 4.42 Å². The van der Waals surface area contributed by atoms with Crippen molar-refractivity contribution in [3.05, 3.63) is 206 Å². The highest BCUT2D eigenvalue weighted by Crippen LogP contribution is 2.40. The molecule has 0 aliphatic heterocycles. The molecular formula is C56H34N4O. The molecule has 0 atom stereocenters. The van der Waals surface area contributed by atoms with Gasteiger partial charge in [0.25, 0.3) is 0 Å². The first-order valence-electron chi connectivity index (χ1n) is 20.5. The molecule has 0 aliphatic rings. The van der Waals surface area contributed by atoms with Crippen LogP contribution in [-0.4, -0.2) is 19.9 Å². The van der Waals surface area contributed by atoms with Crippen molar-refractivity contribution >= 4 is 54.2 Å². The van der Waals surface area contributed by atoms with Crippen LogP contribution in [0.25, 0.3) is 122 Å². The summed E-state index contributed by atoms with van der Waals surface area (Å²) in [6, 6.07) is 71.8. The van der Waals surface area contributed by atoms with Crippen LogP contribution < -0.4 is 0 Å². The topological polar surface area (TPSA) is 64.7 Å². The lowest BCUT2D eigenvalue weighted by Crippen LogP contribution is -2.00. The average molecular weight is 779 g/mol. The minimum atomic E-state index is 0.603. The summed E-state index contributed by atoms with van der Waals surface area (Å²) in [5.41, 5.74) is 9.78. The van der Waals surface area contributed by atoms with Crippen LogP contribution in [0.4, 0.5) is 0 Å². The first kappa shape index (κ1) is 34.7. The number of fused-ring (bicyclic) bond motifs is 8. The molecule has 0 saturated carbocycles. The summed E-state index contributed by atoms with van der Waals surface area (Å²) < 4.78 is 6.53. The molecule has 0 bridgehead atoms. The van der Waals surface area contributed by atoms with Gasteiger partial charge in [0.2, 0.25) is 5.89 Å². The monoisotopic (exact) mass is 778 g/mol. The number of hydrogen-bond donors (Lipinski definition) is 0. The summed E-state index contributed by atoms with van der Waals surface area (Å²) >= 11 is 0. The fraction of sp³-hybridized carbons (Fsp3) is 0. The second kappa shape index (κ2) is 14.2. The fourth-order valence-corrected chi connectivity index (χ4v) is 8.75. The van der Waals surface area contributed by atoms with Crippen molar-refractivity contribution in [3.8, 4) is 67.9 Å². The molecule has 12 aromatic rings. The van der Waals surface area contributed by atoms with Gasteiger partial charge in [0.05, 0.1) is 0 Å². The summed E-state index contributed by atoms with van der Waals surface area (Å²) in [6.45, 7) is 0. The van der Waals surface area contributed by atoms with E-state index in [2.05, 4.69) is 176 Å². The average Bonchev–Trinajstić information content (AvgIpc) is 3.80. The molecule has 0 spiro atoms. The first-order chi connectivity index (χ1) is 30.2. The largest absolute Gasteiger partial charge is 0.435 e. The van der Waals surface area contributed by atoms with Gasteiger partial charge in [0, 0.05) is 33.0 Å². The van der Waals surface area contributed by atoms with Crippen molar-refractivity contribution in [2.45, 2.75) is 0 Å². The van der Waals surface area contributed by atoms with Gasteiger partial charge in [-0.15, -0.1) is 0 Å². The zero-order chi connectivity index (χ0) is 40.3. The Balaban J connectivity index is 0.997. The minimum Gasteiger partial charge on any atom is -0.435 e. The summed E-state index contributed by atoms with van der Waals surface area (Å²) in [5.74, 6) is 2.45. The number of rotatable bonds is 6. The van der Waals surface area contributed by atoms with E-state index in [0.29, 0.717) is 23.4 Å². The van der Waals surface area contributed by atoms with E-state index in [0.717, 1.165) is 82.4 Å². The van der Waals surface area contributed by atoms with Crippen molar-refractivity contribution in [3.63, 3.8) is 0 Å². The standard InChI is InChI=1S/C56H34N4O/c1-2-15-39(16-3-1)56-57-51-50-34-41(31-32-47(50)46-23-8-9-24-48(46)52(51)61-56)40-19-10-20-42(33-40)54-58-53(59-55(60-54)49-26-12-18-36-14-5-7-22-45(36)49)38-29-27-37(28-30-38)44-25-11-17-35-13-4-6-21-43(35)44/h1-34H. The van der Waals surface area contributed by atoms with Crippen LogP contribution in [0.2, 0.25) is 0 Å². The Kier molecular flexibility index (Phi) is 8.10. The Labute approximate surface area is 351 Å². The molecule has 0 saturated heterocycles. The molecule has 61 heavy (non-hydrogen) atoms.